The standard InChI is InChI=1S/C18H18N2O3/c1-19-8-4-6-14(19)15-12-22-10-9-20(15)18(21)17-11-13-5-2-3-7-16(13)23-17/h2-8,11,15H,9-10,12H2,1H3/t15-/m0/s1. The first-order valence-corrected chi connectivity index (χ1v) is 7.72. The smallest absolute Gasteiger partial charge is 0.290 e. The summed E-state index contributed by atoms with van der Waals surface area (Å²) in [5.74, 6) is 0.294. The minimum Gasteiger partial charge on any atom is -0.451 e. The van der Waals surface area contributed by atoms with Crippen LogP contribution in [-0.2, 0) is 11.8 Å². The van der Waals surface area contributed by atoms with E-state index in [0.29, 0.717) is 25.5 Å². The molecule has 23 heavy (non-hydrogen) atoms. The number of morpholine rings is 1. The van der Waals surface area contributed by atoms with Crippen LogP contribution in [0.2, 0.25) is 0 Å². The molecule has 0 unspecified atom stereocenters. The molecule has 1 fully saturated rings. The van der Waals surface area contributed by atoms with E-state index in [-0.39, 0.29) is 11.9 Å². The Kier molecular flexibility index (Phi) is 3.42. The van der Waals surface area contributed by atoms with Crippen LogP contribution >= 0.6 is 0 Å². The Labute approximate surface area is 134 Å². The zero-order valence-electron chi connectivity index (χ0n) is 12.9. The molecule has 2 aromatic heterocycles. The van der Waals surface area contributed by atoms with Gasteiger partial charge < -0.3 is 18.6 Å². The van der Waals surface area contributed by atoms with E-state index in [1.807, 2.05) is 65.2 Å². The monoisotopic (exact) mass is 310 g/mol. The number of furan rings is 1. The quantitative estimate of drug-likeness (QED) is 0.731. The third-order valence-corrected chi connectivity index (χ3v) is 4.35. The van der Waals surface area contributed by atoms with Gasteiger partial charge in [0.05, 0.1) is 19.3 Å². The first-order valence-electron chi connectivity index (χ1n) is 7.72. The molecule has 0 spiro atoms. The number of hydrogen-bond donors (Lipinski definition) is 0. The normalized spacial score (nSPS) is 18.5. The highest BCUT2D eigenvalue weighted by atomic mass is 16.5. The number of carbonyl (C=O) groups is 1. The van der Waals surface area contributed by atoms with Crippen LogP contribution in [0.4, 0.5) is 0 Å². The summed E-state index contributed by atoms with van der Waals surface area (Å²) in [5.41, 5.74) is 1.80. The molecule has 5 heteroatoms. The maximum absolute atomic E-state index is 13.0. The molecule has 1 saturated heterocycles. The van der Waals surface area contributed by atoms with Crippen LogP contribution in [0, 0.1) is 0 Å². The molecule has 3 heterocycles. The highest BCUT2D eigenvalue weighted by Crippen LogP contribution is 2.28. The van der Waals surface area contributed by atoms with E-state index in [2.05, 4.69) is 0 Å². The van der Waals surface area contributed by atoms with Crippen LogP contribution in [0.1, 0.15) is 22.3 Å². The Hall–Kier alpha value is -2.53. The van der Waals surface area contributed by atoms with Crippen molar-refractivity contribution in [3.05, 3.63) is 60.1 Å². The number of amides is 1. The van der Waals surface area contributed by atoms with Gasteiger partial charge in [-0.2, -0.15) is 0 Å². The maximum atomic E-state index is 13.0. The molecule has 1 aliphatic rings. The number of fused-ring (bicyclic) bond motifs is 1. The number of ether oxygens (including phenoxy) is 1. The van der Waals surface area contributed by atoms with E-state index in [1.54, 1.807) is 0 Å². The van der Waals surface area contributed by atoms with Crippen LogP contribution in [-0.4, -0.2) is 35.1 Å². The average Bonchev–Trinajstić information content (AvgIpc) is 3.20. The molecule has 5 nitrogen and oxygen atoms in total. The van der Waals surface area contributed by atoms with Gasteiger partial charge in [0, 0.05) is 30.9 Å². The van der Waals surface area contributed by atoms with E-state index in [4.69, 9.17) is 9.15 Å². The predicted molar refractivity (Wildman–Crippen MR) is 86.2 cm³/mol. The van der Waals surface area contributed by atoms with Crippen LogP contribution in [0.15, 0.2) is 53.1 Å². The lowest BCUT2D eigenvalue weighted by Gasteiger charge is -2.35. The van der Waals surface area contributed by atoms with Gasteiger partial charge in [-0.15, -0.1) is 0 Å². The van der Waals surface area contributed by atoms with E-state index in [1.165, 1.54) is 0 Å². The Morgan fingerprint density at radius 2 is 2.09 bits per heavy atom. The molecule has 1 aliphatic heterocycles. The SMILES string of the molecule is Cn1cccc1[C@@H]1COCCN1C(=O)c1cc2ccccc2o1. The second kappa shape index (κ2) is 5.59. The van der Waals surface area contributed by atoms with Gasteiger partial charge in [0.2, 0.25) is 0 Å². The van der Waals surface area contributed by atoms with Crippen molar-refractivity contribution in [1.29, 1.82) is 0 Å². The van der Waals surface area contributed by atoms with Gasteiger partial charge in [-0.1, -0.05) is 18.2 Å². The van der Waals surface area contributed by atoms with Crippen molar-refractivity contribution >= 4 is 16.9 Å². The largest absolute Gasteiger partial charge is 0.451 e. The van der Waals surface area contributed by atoms with Crippen molar-refractivity contribution in [1.82, 2.24) is 9.47 Å². The summed E-state index contributed by atoms with van der Waals surface area (Å²) in [7, 11) is 1.98. The summed E-state index contributed by atoms with van der Waals surface area (Å²) in [6.07, 6.45) is 1.98. The highest BCUT2D eigenvalue weighted by molar-refractivity contribution is 5.96. The lowest BCUT2D eigenvalue weighted by molar-refractivity contribution is -0.00606. The van der Waals surface area contributed by atoms with Crippen LogP contribution in [0.5, 0.6) is 0 Å². The maximum Gasteiger partial charge on any atom is 0.290 e. The summed E-state index contributed by atoms with van der Waals surface area (Å²) in [5, 5.41) is 0.944. The first kappa shape index (κ1) is 14.1. The molecule has 0 radical (unpaired) electrons. The number of carbonyl (C=O) groups excluding carboxylic acids is 1. The van der Waals surface area contributed by atoms with Gasteiger partial charge in [0.25, 0.3) is 5.91 Å². The number of benzene rings is 1. The minimum atomic E-state index is -0.0931. The molecule has 1 atom stereocenters. The molecule has 0 bridgehead atoms. The number of hydrogen-bond acceptors (Lipinski definition) is 3. The van der Waals surface area contributed by atoms with Gasteiger partial charge in [0.15, 0.2) is 5.76 Å². The summed E-state index contributed by atoms with van der Waals surface area (Å²) in [6.45, 7) is 1.61. The zero-order valence-corrected chi connectivity index (χ0v) is 12.9. The van der Waals surface area contributed by atoms with E-state index in [0.717, 1.165) is 16.7 Å². The summed E-state index contributed by atoms with van der Waals surface area (Å²) in [6, 6.07) is 13.4. The van der Waals surface area contributed by atoms with Crippen molar-refractivity contribution < 1.29 is 13.9 Å². The van der Waals surface area contributed by atoms with E-state index < -0.39 is 0 Å². The Morgan fingerprint density at radius 3 is 2.87 bits per heavy atom. The number of rotatable bonds is 2. The second-order valence-electron chi connectivity index (χ2n) is 5.78. The molecule has 0 N–H and O–H groups in total. The Balaban J connectivity index is 1.68. The molecule has 0 saturated carbocycles. The third kappa shape index (κ3) is 2.43. The van der Waals surface area contributed by atoms with Crippen LogP contribution in [0.25, 0.3) is 11.0 Å². The van der Waals surface area contributed by atoms with Crippen molar-refractivity contribution in [3.63, 3.8) is 0 Å². The summed E-state index contributed by atoms with van der Waals surface area (Å²) in [4.78, 5) is 14.8. The van der Waals surface area contributed by atoms with Gasteiger partial charge in [0.1, 0.15) is 5.58 Å². The van der Waals surface area contributed by atoms with Gasteiger partial charge >= 0.3 is 0 Å². The zero-order chi connectivity index (χ0) is 15.8. The number of para-hydroxylation sites is 1. The Bertz CT molecular complexity index is 816. The Morgan fingerprint density at radius 1 is 1.22 bits per heavy atom. The summed E-state index contributed by atoms with van der Waals surface area (Å²) >= 11 is 0. The number of aryl methyl sites for hydroxylation is 1. The fourth-order valence-electron chi connectivity index (χ4n) is 3.14. The molecule has 4 rings (SSSR count). The third-order valence-electron chi connectivity index (χ3n) is 4.35. The van der Waals surface area contributed by atoms with Gasteiger partial charge in [-0.3, -0.25) is 4.79 Å². The molecular formula is C18H18N2O3. The molecule has 0 aliphatic carbocycles. The lowest BCUT2D eigenvalue weighted by atomic mass is 10.1. The van der Waals surface area contributed by atoms with Crippen molar-refractivity contribution in [2.75, 3.05) is 19.8 Å². The molecule has 1 amide bonds. The number of aromatic nitrogens is 1. The van der Waals surface area contributed by atoms with E-state index in [9.17, 15) is 4.79 Å². The van der Waals surface area contributed by atoms with Crippen LogP contribution < -0.4 is 0 Å². The first-order chi connectivity index (χ1) is 11.2. The molecular weight excluding hydrogens is 292 g/mol. The van der Waals surface area contributed by atoms with Crippen molar-refractivity contribution in [2.45, 2.75) is 6.04 Å². The fraction of sp³-hybridized carbons (Fsp3) is 0.278. The van der Waals surface area contributed by atoms with E-state index >= 15 is 0 Å². The molecule has 118 valence electrons. The molecule has 3 aromatic rings. The minimum absolute atomic E-state index is 0.0873. The highest BCUT2D eigenvalue weighted by Gasteiger charge is 2.32. The second-order valence-corrected chi connectivity index (χ2v) is 5.78. The van der Waals surface area contributed by atoms with Gasteiger partial charge in [-0.05, 0) is 24.3 Å². The predicted octanol–water partition coefficient (Wildman–Crippen LogP) is 2.99. The van der Waals surface area contributed by atoms with Crippen molar-refractivity contribution in [3.8, 4) is 0 Å². The fourth-order valence-corrected chi connectivity index (χ4v) is 3.14. The van der Waals surface area contributed by atoms with Crippen molar-refractivity contribution in [2.24, 2.45) is 7.05 Å². The van der Waals surface area contributed by atoms with Crippen LogP contribution in [0.3, 0.4) is 0 Å². The lowest BCUT2D eigenvalue weighted by Crippen LogP contribution is -2.43. The van der Waals surface area contributed by atoms with Gasteiger partial charge in [-0.25, -0.2) is 0 Å². The number of nitrogens with zero attached hydrogens (tertiary/aromatic N) is 2. The summed E-state index contributed by atoms with van der Waals surface area (Å²) < 4.78 is 13.4. The molecule has 1 aromatic carbocycles. The topological polar surface area (TPSA) is 47.6 Å². The average molecular weight is 310 g/mol.